The van der Waals surface area contributed by atoms with Crippen molar-refractivity contribution in [3.63, 3.8) is 0 Å². The number of fused-ring (bicyclic) bond motifs is 1. The van der Waals surface area contributed by atoms with Gasteiger partial charge in [0.2, 0.25) is 11.9 Å². The van der Waals surface area contributed by atoms with Gasteiger partial charge in [0, 0.05) is 61.7 Å². The van der Waals surface area contributed by atoms with Crippen LogP contribution in [-0.4, -0.2) is 71.6 Å². The fraction of sp³-hybridized carbons (Fsp3) is 0.333. The summed E-state index contributed by atoms with van der Waals surface area (Å²) in [6.45, 7) is 7.21. The van der Waals surface area contributed by atoms with Gasteiger partial charge in [-0.2, -0.15) is 0 Å². The van der Waals surface area contributed by atoms with Crippen molar-refractivity contribution in [2.75, 3.05) is 49.8 Å². The van der Waals surface area contributed by atoms with Crippen molar-refractivity contribution in [3.05, 3.63) is 72.6 Å². The first-order valence-corrected chi connectivity index (χ1v) is 14.5. The number of aryl methyl sites for hydroxylation is 2. The molecule has 1 amide bonds. The Hall–Kier alpha value is -4.70. The van der Waals surface area contributed by atoms with E-state index in [1.165, 1.54) is 12.3 Å². The number of rotatable bonds is 11. The minimum atomic E-state index is -0.421. The zero-order chi connectivity index (χ0) is 30.7. The van der Waals surface area contributed by atoms with Gasteiger partial charge in [0.25, 0.3) is 0 Å². The molecule has 43 heavy (non-hydrogen) atoms. The van der Waals surface area contributed by atoms with Gasteiger partial charge in [-0.3, -0.25) is 4.79 Å². The lowest BCUT2D eigenvalue weighted by molar-refractivity contribution is -0.111. The van der Waals surface area contributed by atoms with Gasteiger partial charge in [0.05, 0.1) is 17.1 Å². The number of para-hydroxylation sites is 1. The smallest absolute Gasteiger partial charge is 0.342 e. The summed E-state index contributed by atoms with van der Waals surface area (Å²) >= 11 is 0. The van der Waals surface area contributed by atoms with Crippen LogP contribution in [0.25, 0.3) is 22.2 Å². The maximum Gasteiger partial charge on any atom is 0.342 e. The van der Waals surface area contributed by atoms with Crippen LogP contribution in [0.15, 0.2) is 61.4 Å². The molecule has 1 aliphatic carbocycles. The van der Waals surface area contributed by atoms with E-state index in [-0.39, 0.29) is 12.0 Å². The van der Waals surface area contributed by atoms with Crippen LogP contribution in [0, 0.1) is 6.92 Å². The Bertz CT molecular complexity index is 1670. The standard InChI is InChI=1S/C33H39N7O3/c1-7-30(41)35-27-18-26(21(2)17-29(27)39(5)16-15-38(3)4)36-33-34-19-24(32(42)43-22-11-10-12-22)31(37-33)25-20-40(6)28-14-9-8-13-23(25)28/h7-9,13-14,17-20,22H,1,10-12,15-16H2,2-6H3,(H,35,41)(H,34,36,37). The number of likely N-dealkylation sites (N-methyl/N-ethyl adjacent to an activating group) is 2. The first-order chi connectivity index (χ1) is 20.6. The predicted octanol–water partition coefficient (Wildman–Crippen LogP) is 5.52. The quantitative estimate of drug-likeness (QED) is 0.176. The molecule has 4 aromatic rings. The highest BCUT2D eigenvalue weighted by molar-refractivity contribution is 6.03. The van der Waals surface area contributed by atoms with Crippen molar-refractivity contribution in [3.8, 4) is 11.3 Å². The summed E-state index contributed by atoms with van der Waals surface area (Å²) in [5.41, 5.74) is 5.83. The average molecular weight is 582 g/mol. The van der Waals surface area contributed by atoms with Gasteiger partial charge >= 0.3 is 5.97 Å². The number of aromatic nitrogens is 3. The summed E-state index contributed by atoms with van der Waals surface area (Å²) in [5.74, 6) is -0.406. The second kappa shape index (κ2) is 12.7. The average Bonchev–Trinajstić information content (AvgIpc) is 3.31. The van der Waals surface area contributed by atoms with Crippen LogP contribution in [0.3, 0.4) is 0 Å². The zero-order valence-corrected chi connectivity index (χ0v) is 25.5. The van der Waals surface area contributed by atoms with Crippen LogP contribution in [-0.2, 0) is 16.6 Å². The maximum absolute atomic E-state index is 13.3. The highest BCUT2D eigenvalue weighted by Crippen LogP contribution is 2.35. The molecule has 10 nitrogen and oxygen atoms in total. The van der Waals surface area contributed by atoms with Crippen molar-refractivity contribution >= 4 is 45.8 Å². The van der Waals surface area contributed by atoms with E-state index in [9.17, 15) is 9.59 Å². The number of ether oxygens (including phenoxy) is 1. The normalized spacial score (nSPS) is 13.1. The SMILES string of the molecule is C=CC(=O)Nc1cc(Nc2ncc(C(=O)OC3CCC3)c(-c3cn(C)c4ccccc34)n2)c(C)cc1N(C)CCN(C)C. The van der Waals surface area contributed by atoms with Crippen LogP contribution in [0.5, 0.6) is 0 Å². The molecule has 0 atom stereocenters. The fourth-order valence-electron chi connectivity index (χ4n) is 5.05. The summed E-state index contributed by atoms with van der Waals surface area (Å²) in [5, 5.41) is 7.24. The number of hydrogen-bond acceptors (Lipinski definition) is 8. The molecule has 224 valence electrons. The predicted molar refractivity (Wildman–Crippen MR) is 172 cm³/mol. The molecule has 0 saturated heterocycles. The Morgan fingerprint density at radius 2 is 1.91 bits per heavy atom. The number of carbonyl (C=O) groups is 2. The molecule has 0 aliphatic heterocycles. The summed E-state index contributed by atoms with van der Waals surface area (Å²) in [7, 11) is 8.02. The highest BCUT2D eigenvalue weighted by atomic mass is 16.5. The number of hydrogen-bond donors (Lipinski definition) is 2. The number of benzene rings is 2. The number of amides is 1. The lowest BCUT2D eigenvalue weighted by atomic mass is 9.96. The molecule has 1 fully saturated rings. The van der Waals surface area contributed by atoms with E-state index in [4.69, 9.17) is 9.72 Å². The molecule has 2 aromatic carbocycles. The highest BCUT2D eigenvalue weighted by Gasteiger charge is 2.26. The van der Waals surface area contributed by atoms with Crippen LogP contribution in [0.4, 0.5) is 23.0 Å². The zero-order valence-electron chi connectivity index (χ0n) is 25.5. The summed E-state index contributed by atoms with van der Waals surface area (Å²) in [6.07, 6.45) is 7.51. The Morgan fingerprint density at radius 3 is 2.60 bits per heavy atom. The molecule has 0 spiro atoms. The van der Waals surface area contributed by atoms with Gasteiger partial charge < -0.3 is 29.7 Å². The fourth-order valence-corrected chi connectivity index (χ4v) is 5.05. The molecular formula is C33H39N7O3. The van der Waals surface area contributed by atoms with Crippen LogP contribution in [0.2, 0.25) is 0 Å². The number of nitrogens with zero attached hydrogens (tertiary/aromatic N) is 5. The van der Waals surface area contributed by atoms with Gasteiger partial charge in [-0.1, -0.05) is 24.8 Å². The van der Waals surface area contributed by atoms with Gasteiger partial charge in [-0.15, -0.1) is 0 Å². The Balaban J connectivity index is 1.54. The third kappa shape index (κ3) is 6.54. The first-order valence-electron chi connectivity index (χ1n) is 14.5. The van der Waals surface area contributed by atoms with Crippen molar-refractivity contribution in [1.82, 2.24) is 19.4 Å². The molecule has 2 heterocycles. The van der Waals surface area contributed by atoms with E-state index in [0.29, 0.717) is 22.9 Å². The molecule has 5 rings (SSSR count). The minimum Gasteiger partial charge on any atom is -0.459 e. The second-order valence-corrected chi connectivity index (χ2v) is 11.3. The number of carbonyl (C=O) groups excluding carboxylic acids is 2. The maximum atomic E-state index is 13.3. The van der Waals surface area contributed by atoms with Crippen molar-refractivity contribution < 1.29 is 14.3 Å². The number of anilines is 4. The molecule has 0 bridgehead atoms. The third-order valence-electron chi connectivity index (χ3n) is 7.81. The van der Waals surface area contributed by atoms with Crippen LogP contribution < -0.4 is 15.5 Å². The van der Waals surface area contributed by atoms with E-state index in [1.807, 2.05) is 82.3 Å². The molecule has 0 unspecified atom stereocenters. The summed E-state index contributed by atoms with van der Waals surface area (Å²) in [4.78, 5) is 39.2. The lowest BCUT2D eigenvalue weighted by Gasteiger charge is -2.26. The van der Waals surface area contributed by atoms with Gasteiger partial charge in [0.1, 0.15) is 11.7 Å². The van der Waals surface area contributed by atoms with Gasteiger partial charge in [-0.25, -0.2) is 14.8 Å². The molecule has 0 radical (unpaired) electrons. The monoisotopic (exact) mass is 581 g/mol. The van der Waals surface area contributed by atoms with Crippen LogP contribution in [0.1, 0.15) is 35.2 Å². The number of nitrogens with one attached hydrogen (secondary N) is 2. The molecular weight excluding hydrogens is 542 g/mol. The number of esters is 1. The van der Waals surface area contributed by atoms with E-state index < -0.39 is 5.97 Å². The Morgan fingerprint density at radius 1 is 1.14 bits per heavy atom. The van der Waals surface area contributed by atoms with E-state index in [0.717, 1.165) is 65.8 Å². The minimum absolute atomic E-state index is 0.0631. The lowest BCUT2D eigenvalue weighted by Crippen LogP contribution is -2.29. The Labute approximate surface area is 252 Å². The summed E-state index contributed by atoms with van der Waals surface area (Å²) in [6, 6.07) is 11.9. The molecule has 10 heteroatoms. The van der Waals surface area contributed by atoms with Crippen molar-refractivity contribution in [1.29, 1.82) is 0 Å². The Kier molecular flexibility index (Phi) is 8.77. The van der Waals surface area contributed by atoms with Crippen LogP contribution >= 0.6 is 0 Å². The van der Waals surface area contributed by atoms with Crippen molar-refractivity contribution in [2.45, 2.75) is 32.3 Å². The second-order valence-electron chi connectivity index (χ2n) is 11.3. The largest absolute Gasteiger partial charge is 0.459 e. The molecule has 2 aromatic heterocycles. The van der Waals surface area contributed by atoms with E-state index in [2.05, 4.69) is 32.0 Å². The van der Waals surface area contributed by atoms with Gasteiger partial charge in [0.15, 0.2) is 0 Å². The van der Waals surface area contributed by atoms with E-state index in [1.54, 1.807) is 0 Å². The van der Waals surface area contributed by atoms with Crippen molar-refractivity contribution in [2.24, 2.45) is 7.05 Å². The third-order valence-corrected chi connectivity index (χ3v) is 7.81. The first kappa shape index (κ1) is 29.8. The topological polar surface area (TPSA) is 105 Å². The van der Waals surface area contributed by atoms with Gasteiger partial charge in [-0.05, 0) is 70.1 Å². The summed E-state index contributed by atoms with van der Waals surface area (Å²) < 4.78 is 7.78. The van der Waals surface area contributed by atoms with E-state index >= 15 is 0 Å². The molecule has 1 aliphatic rings. The molecule has 2 N–H and O–H groups in total. The molecule has 1 saturated carbocycles.